The van der Waals surface area contributed by atoms with Crippen molar-refractivity contribution < 1.29 is 20.1 Å². The average Bonchev–Trinajstić information content (AvgIpc) is 2.79. The average molecular weight is 416 g/mol. The molecule has 5 nitrogen and oxygen atoms in total. The van der Waals surface area contributed by atoms with E-state index >= 15 is 0 Å². The van der Waals surface area contributed by atoms with Gasteiger partial charge < -0.3 is 25.0 Å². The quantitative estimate of drug-likeness (QED) is 0.452. The van der Waals surface area contributed by atoms with Gasteiger partial charge in [0.25, 0.3) is 0 Å². The first-order chi connectivity index (χ1) is 14.4. The summed E-state index contributed by atoms with van der Waals surface area (Å²) in [5, 5.41) is 29.6. The van der Waals surface area contributed by atoms with Crippen molar-refractivity contribution in [2.45, 2.75) is 71.4 Å². The van der Waals surface area contributed by atoms with Gasteiger partial charge in [-0.25, -0.2) is 0 Å². The lowest BCUT2D eigenvalue weighted by atomic mass is 9.90. The first kappa shape index (κ1) is 24.2. The molecule has 0 radical (unpaired) electrons. The molecule has 2 aromatic carbocycles. The zero-order valence-corrected chi connectivity index (χ0v) is 18.6. The zero-order chi connectivity index (χ0) is 22.0. The van der Waals surface area contributed by atoms with Crippen LogP contribution in [-0.2, 0) is 19.8 Å². The van der Waals surface area contributed by atoms with Crippen LogP contribution < -0.4 is 9.64 Å². The molecule has 0 saturated heterocycles. The number of hydrogen-bond donors (Lipinski definition) is 3. The number of anilines is 1. The molecule has 166 valence electrons. The van der Waals surface area contributed by atoms with E-state index < -0.39 is 5.60 Å². The van der Waals surface area contributed by atoms with Crippen molar-refractivity contribution >= 4 is 5.69 Å². The number of aliphatic hydroxyl groups excluding tert-OH is 2. The third kappa shape index (κ3) is 7.01. The molecule has 1 atom stereocenters. The zero-order valence-electron chi connectivity index (χ0n) is 18.6. The molecule has 0 amide bonds. The van der Waals surface area contributed by atoms with Crippen LogP contribution in [0.5, 0.6) is 5.75 Å². The predicted octanol–water partition coefficient (Wildman–Crippen LogP) is 4.41. The normalized spacial score (nSPS) is 13.1. The van der Waals surface area contributed by atoms with Crippen LogP contribution in [0.4, 0.5) is 5.69 Å². The number of hydrogen-bond acceptors (Lipinski definition) is 5. The molecule has 30 heavy (non-hydrogen) atoms. The van der Waals surface area contributed by atoms with Gasteiger partial charge in [0.15, 0.2) is 0 Å². The summed E-state index contributed by atoms with van der Waals surface area (Å²) < 4.78 is 5.96. The molecular weight excluding hydrogens is 378 g/mol. The smallest absolute Gasteiger partial charge is 0.121 e. The van der Waals surface area contributed by atoms with Crippen LogP contribution >= 0.6 is 0 Å². The number of aliphatic hydroxyl groups is 3. The highest BCUT2D eigenvalue weighted by atomic mass is 16.5. The Labute approximate surface area is 180 Å². The number of rotatable bonds is 13. The summed E-state index contributed by atoms with van der Waals surface area (Å²) in [6.07, 6.45) is 4.51. The Morgan fingerprint density at radius 1 is 0.967 bits per heavy atom. The van der Waals surface area contributed by atoms with Crippen LogP contribution in [-0.4, -0.2) is 34.5 Å². The van der Waals surface area contributed by atoms with Gasteiger partial charge in [-0.05, 0) is 54.2 Å². The molecule has 0 bridgehead atoms. The number of benzene rings is 2. The van der Waals surface area contributed by atoms with Crippen LogP contribution in [0.2, 0.25) is 0 Å². The van der Waals surface area contributed by atoms with Gasteiger partial charge >= 0.3 is 0 Å². The monoisotopic (exact) mass is 415 g/mol. The highest BCUT2D eigenvalue weighted by Gasteiger charge is 2.24. The molecule has 0 aliphatic rings. The van der Waals surface area contributed by atoms with Crippen molar-refractivity contribution in [3.8, 4) is 5.75 Å². The van der Waals surface area contributed by atoms with E-state index in [9.17, 15) is 15.3 Å². The van der Waals surface area contributed by atoms with E-state index in [0.29, 0.717) is 6.61 Å². The first-order valence-corrected chi connectivity index (χ1v) is 10.9. The number of unbranched alkanes of at least 4 members (excludes halogenated alkanes) is 1. The fraction of sp³-hybridized carbons (Fsp3) is 0.520. The maximum Gasteiger partial charge on any atom is 0.121 e. The van der Waals surface area contributed by atoms with Gasteiger partial charge in [-0.15, -0.1) is 0 Å². The summed E-state index contributed by atoms with van der Waals surface area (Å²) in [6.45, 7) is 5.18. The second-order valence-corrected chi connectivity index (χ2v) is 8.06. The fourth-order valence-corrected chi connectivity index (χ4v) is 3.54. The SMILES string of the molecule is CCCCC(O)(CC)CCN(C)c1cccc(OCc2ccc(CO)c(CO)c2)c1. The van der Waals surface area contributed by atoms with E-state index in [2.05, 4.69) is 18.7 Å². The lowest BCUT2D eigenvalue weighted by Crippen LogP contribution is -2.33. The van der Waals surface area contributed by atoms with E-state index in [0.717, 1.165) is 66.8 Å². The molecule has 1 unspecified atom stereocenters. The Kier molecular flexibility index (Phi) is 9.63. The minimum Gasteiger partial charge on any atom is -0.489 e. The van der Waals surface area contributed by atoms with Gasteiger partial charge in [-0.3, -0.25) is 0 Å². The summed E-state index contributed by atoms with van der Waals surface area (Å²) >= 11 is 0. The lowest BCUT2D eigenvalue weighted by Gasteiger charge is -2.30. The maximum absolute atomic E-state index is 10.8. The highest BCUT2D eigenvalue weighted by Crippen LogP contribution is 2.26. The van der Waals surface area contributed by atoms with Gasteiger partial charge in [0.05, 0.1) is 18.8 Å². The van der Waals surface area contributed by atoms with Crippen LogP contribution in [0.25, 0.3) is 0 Å². The predicted molar refractivity (Wildman–Crippen MR) is 122 cm³/mol. The summed E-state index contributed by atoms with van der Waals surface area (Å²) in [5.74, 6) is 0.771. The molecule has 3 N–H and O–H groups in total. The Morgan fingerprint density at radius 2 is 1.73 bits per heavy atom. The van der Waals surface area contributed by atoms with Gasteiger partial charge in [0.2, 0.25) is 0 Å². The van der Waals surface area contributed by atoms with E-state index in [1.54, 1.807) is 0 Å². The minimum absolute atomic E-state index is 0.0863. The second kappa shape index (κ2) is 11.9. The number of nitrogens with zero attached hydrogens (tertiary/aromatic N) is 1. The second-order valence-electron chi connectivity index (χ2n) is 8.06. The molecule has 0 aliphatic heterocycles. The molecule has 0 aliphatic carbocycles. The van der Waals surface area contributed by atoms with Crippen LogP contribution in [0, 0.1) is 0 Å². The maximum atomic E-state index is 10.8. The van der Waals surface area contributed by atoms with Crippen LogP contribution in [0.3, 0.4) is 0 Å². The molecular formula is C25H37NO4. The van der Waals surface area contributed by atoms with Gasteiger partial charge in [0.1, 0.15) is 12.4 Å². The summed E-state index contributed by atoms with van der Waals surface area (Å²) in [6, 6.07) is 13.5. The van der Waals surface area contributed by atoms with Gasteiger partial charge in [0, 0.05) is 25.3 Å². The topological polar surface area (TPSA) is 73.2 Å². The molecule has 0 aromatic heterocycles. The van der Waals surface area contributed by atoms with E-state index in [1.807, 2.05) is 49.5 Å². The molecule has 2 aromatic rings. The first-order valence-electron chi connectivity index (χ1n) is 10.9. The van der Waals surface area contributed by atoms with Crippen molar-refractivity contribution in [2.75, 3.05) is 18.5 Å². The summed E-state index contributed by atoms with van der Waals surface area (Å²) in [7, 11) is 2.04. The number of ether oxygens (including phenoxy) is 1. The van der Waals surface area contributed by atoms with Gasteiger partial charge in [-0.2, -0.15) is 0 Å². The van der Waals surface area contributed by atoms with Gasteiger partial charge in [-0.1, -0.05) is 44.9 Å². The third-order valence-corrected chi connectivity index (χ3v) is 5.84. The third-order valence-electron chi connectivity index (χ3n) is 5.84. The molecule has 0 heterocycles. The van der Waals surface area contributed by atoms with Crippen LogP contribution in [0.15, 0.2) is 42.5 Å². The molecule has 0 fully saturated rings. The molecule has 5 heteroatoms. The largest absolute Gasteiger partial charge is 0.489 e. The van der Waals surface area contributed by atoms with Crippen molar-refractivity contribution in [1.29, 1.82) is 0 Å². The van der Waals surface area contributed by atoms with Crippen molar-refractivity contribution in [3.63, 3.8) is 0 Å². The fourth-order valence-electron chi connectivity index (χ4n) is 3.54. The van der Waals surface area contributed by atoms with Crippen LogP contribution in [0.1, 0.15) is 62.6 Å². The summed E-state index contributed by atoms with van der Waals surface area (Å²) in [4.78, 5) is 2.15. The molecule has 0 saturated carbocycles. The van der Waals surface area contributed by atoms with E-state index in [1.165, 1.54) is 0 Å². The Morgan fingerprint density at radius 3 is 2.40 bits per heavy atom. The van der Waals surface area contributed by atoms with Crippen molar-refractivity contribution in [1.82, 2.24) is 0 Å². The standard InChI is InChI=1S/C25H37NO4/c1-4-6-12-25(29,5-2)13-14-26(3)23-8-7-9-24(16-23)30-19-20-10-11-21(17-27)22(15-20)18-28/h7-11,15-16,27-29H,4-6,12-14,17-19H2,1-3H3. The van der Waals surface area contributed by atoms with E-state index in [4.69, 9.17) is 4.74 Å². The Hall–Kier alpha value is -2.08. The van der Waals surface area contributed by atoms with E-state index in [-0.39, 0.29) is 13.2 Å². The van der Waals surface area contributed by atoms with Crippen molar-refractivity contribution in [3.05, 3.63) is 59.2 Å². The molecule has 0 spiro atoms. The summed E-state index contributed by atoms with van der Waals surface area (Å²) in [5.41, 5.74) is 2.85. The lowest BCUT2D eigenvalue weighted by molar-refractivity contribution is 0.0190. The highest BCUT2D eigenvalue weighted by molar-refractivity contribution is 5.50. The Balaban J connectivity index is 1.97. The van der Waals surface area contributed by atoms with Crippen molar-refractivity contribution in [2.24, 2.45) is 0 Å². The minimum atomic E-state index is -0.594. The molecule has 2 rings (SSSR count). The Bertz CT molecular complexity index is 779.